The first-order chi connectivity index (χ1) is 10.3. The molecule has 2 N–H and O–H groups in total. The van der Waals surface area contributed by atoms with Gasteiger partial charge in [-0.15, -0.1) is 0 Å². The quantitative estimate of drug-likeness (QED) is 0.853. The second-order valence-electron chi connectivity index (χ2n) is 4.95. The Bertz CT molecular complexity index is 698. The smallest absolute Gasteiger partial charge is 0.383 e. The maximum Gasteiger partial charge on any atom is 0.416 e. The minimum absolute atomic E-state index is 0.132. The van der Waals surface area contributed by atoms with Gasteiger partial charge in [0.15, 0.2) is 0 Å². The van der Waals surface area contributed by atoms with Crippen LogP contribution in [-0.4, -0.2) is 24.0 Å². The van der Waals surface area contributed by atoms with Crippen LogP contribution >= 0.6 is 0 Å². The first-order valence-corrected chi connectivity index (χ1v) is 6.74. The first kappa shape index (κ1) is 16.1. The van der Waals surface area contributed by atoms with Crippen molar-refractivity contribution in [1.82, 2.24) is 10.3 Å². The Hall–Kier alpha value is -2.31. The van der Waals surface area contributed by atoms with Gasteiger partial charge in [0.1, 0.15) is 0 Å². The van der Waals surface area contributed by atoms with Gasteiger partial charge >= 0.3 is 6.18 Å². The van der Waals surface area contributed by atoms with Crippen LogP contribution in [0.15, 0.2) is 24.3 Å². The number of carbonyl (C=O) groups excluding carboxylic acids is 1. The second-order valence-corrected chi connectivity index (χ2v) is 4.95. The number of pyridine rings is 1. The maximum atomic E-state index is 12.8. The van der Waals surface area contributed by atoms with Crippen molar-refractivity contribution in [1.29, 1.82) is 0 Å². The first-order valence-electron chi connectivity index (χ1n) is 6.74. The molecular weight excluding hydrogens is 295 g/mol. The summed E-state index contributed by atoms with van der Waals surface area (Å²) >= 11 is 0. The molecule has 1 aromatic carbocycles. The Balaban J connectivity index is 2.28. The molecule has 22 heavy (non-hydrogen) atoms. The Morgan fingerprint density at radius 3 is 2.59 bits per heavy atom. The number of hydrogen-bond acceptors (Lipinski definition) is 3. The molecule has 1 aromatic heterocycles. The Morgan fingerprint density at radius 2 is 1.95 bits per heavy atom. The second kappa shape index (κ2) is 6.21. The summed E-state index contributed by atoms with van der Waals surface area (Å²) in [6.07, 6.45) is -4.39. The van der Waals surface area contributed by atoms with Gasteiger partial charge in [0.05, 0.1) is 11.1 Å². The molecule has 7 heteroatoms. The largest absolute Gasteiger partial charge is 0.416 e. The minimum Gasteiger partial charge on any atom is -0.383 e. The van der Waals surface area contributed by atoms with Gasteiger partial charge < -0.3 is 10.6 Å². The SMILES string of the molecule is CC(=O)NCCNc1cc(C)nc2cc(C(F)(F)F)ccc12. The third kappa shape index (κ3) is 3.87. The molecule has 0 unspecified atom stereocenters. The van der Waals surface area contributed by atoms with Crippen LogP contribution in [0.1, 0.15) is 18.2 Å². The molecular formula is C15H16F3N3O. The molecule has 0 fully saturated rings. The van der Waals surface area contributed by atoms with Crippen LogP contribution < -0.4 is 10.6 Å². The van der Waals surface area contributed by atoms with E-state index in [9.17, 15) is 18.0 Å². The number of aryl methyl sites for hydroxylation is 1. The average molecular weight is 311 g/mol. The number of alkyl halides is 3. The molecule has 0 atom stereocenters. The van der Waals surface area contributed by atoms with Crippen LogP contribution in [0.2, 0.25) is 0 Å². The summed E-state index contributed by atoms with van der Waals surface area (Å²) < 4.78 is 38.3. The number of hydrogen-bond donors (Lipinski definition) is 2. The number of nitrogens with zero attached hydrogens (tertiary/aromatic N) is 1. The molecule has 118 valence electrons. The van der Waals surface area contributed by atoms with Crippen LogP contribution in [0.3, 0.4) is 0 Å². The highest BCUT2D eigenvalue weighted by Gasteiger charge is 2.30. The van der Waals surface area contributed by atoms with Gasteiger partial charge in [-0.3, -0.25) is 9.78 Å². The molecule has 0 aliphatic carbocycles. The number of rotatable bonds is 4. The summed E-state index contributed by atoms with van der Waals surface area (Å²) in [5.41, 5.74) is 0.884. The molecule has 0 saturated heterocycles. The third-order valence-electron chi connectivity index (χ3n) is 3.08. The van der Waals surface area contributed by atoms with Gasteiger partial charge in [-0.05, 0) is 25.1 Å². The number of nitrogens with one attached hydrogen (secondary N) is 2. The van der Waals surface area contributed by atoms with Crippen LogP contribution in [0.5, 0.6) is 0 Å². The fourth-order valence-corrected chi connectivity index (χ4v) is 2.12. The molecule has 0 radical (unpaired) electrons. The van der Waals surface area contributed by atoms with Crippen molar-refractivity contribution < 1.29 is 18.0 Å². The summed E-state index contributed by atoms with van der Waals surface area (Å²) in [5, 5.41) is 6.36. The number of benzene rings is 1. The van der Waals surface area contributed by atoms with E-state index in [1.54, 1.807) is 13.0 Å². The van der Waals surface area contributed by atoms with E-state index in [1.807, 2.05) is 0 Å². The van der Waals surface area contributed by atoms with E-state index >= 15 is 0 Å². The van der Waals surface area contributed by atoms with E-state index < -0.39 is 11.7 Å². The zero-order chi connectivity index (χ0) is 16.3. The fourth-order valence-electron chi connectivity index (χ4n) is 2.12. The van der Waals surface area contributed by atoms with Crippen LogP contribution in [0.4, 0.5) is 18.9 Å². The van der Waals surface area contributed by atoms with Gasteiger partial charge in [0, 0.05) is 36.8 Å². The van der Waals surface area contributed by atoms with E-state index in [4.69, 9.17) is 0 Å². The van der Waals surface area contributed by atoms with Gasteiger partial charge in [0.25, 0.3) is 0 Å². The van der Waals surface area contributed by atoms with Crippen molar-refractivity contribution in [3.05, 3.63) is 35.5 Å². The van der Waals surface area contributed by atoms with E-state index in [1.165, 1.54) is 13.0 Å². The Morgan fingerprint density at radius 1 is 1.23 bits per heavy atom. The monoisotopic (exact) mass is 311 g/mol. The zero-order valence-electron chi connectivity index (χ0n) is 12.2. The van der Waals surface area contributed by atoms with Crippen molar-refractivity contribution in [3.8, 4) is 0 Å². The number of halogens is 3. The standard InChI is InChI=1S/C15H16F3N3O/c1-9-7-13(20-6-5-19-10(2)22)12-4-3-11(15(16,17)18)8-14(12)21-9/h3-4,7-8H,5-6H2,1-2H3,(H,19,22)(H,20,21). The van der Waals surface area contributed by atoms with Crippen molar-refractivity contribution in [2.75, 3.05) is 18.4 Å². The molecule has 0 spiro atoms. The number of carbonyl (C=O) groups is 1. The maximum absolute atomic E-state index is 12.8. The lowest BCUT2D eigenvalue weighted by Gasteiger charge is -2.13. The van der Waals surface area contributed by atoms with Gasteiger partial charge in [0.2, 0.25) is 5.91 Å². The summed E-state index contributed by atoms with van der Waals surface area (Å²) in [5.74, 6) is -0.132. The Kier molecular flexibility index (Phi) is 4.54. The van der Waals surface area contributed by atoms with Crippen molar-refractivity contribution in [2.24, 2.45) is 0 Å². The predicted octanol–water partition coefficient (Wildman–Crippen LogP) is 3.11. The molecule has 0 saturated carbocycles. The number of aromatic nitrogens is 1. The van der Waals surface area contributed by atoms with E-state index in [-0.39, 0.29) is 11.4 Å². The molecule has 0 aliphatic rings. The highest BCUT2D eigenvalue weighted by atomic mass is 19.4. The van der Waals surface area contributed by atoms with Crippen molar-refractivity contribution in [3.63, 3.8) is 0 Å². The summed E-state index contributed by atoms with van der Waals surface area (Å²) in [6, 6.07) is 5.26. The number of anilines is 1. The molecule has 4 nitrogen and oxygen atoms in total. The van der Waals surface area contributed by atoms with Gasteiger partial charge in [-0.1, -0.05) is 6.07 Å². The lowest BCUT2D eigenvalue weighted by molar-refractivity contribution is -0.137. The van der Waals surface area contributed by atoms with Crippen LogP contribution in [0.25, 0.3) is 10.9 Å². The highest BCUT2D eigenvalue weighted by Crippen LogP contribution is 2.32. The van der Waals surface area contributed by atoms with Gasteiger partial charge in [-0.2, -0.15) is 13.2 Å². The zero-order valence-corrected chi connectivity index (χ0v) is 12.2. The number of fused-ring (bicyclic) bond motifs is 1. The molecule has 1 heterocycles. The van der Waals surface area contributed by atoms with Gasteiger partial charge in [-0.25, -0.2) is 0 Å². The van der Waals surface area contributed by atoms with E-state index in [0.717, 1.165) is 12.1 Å². The summed E-state index contributed by atoms with van der Waals surface area (Å²) in [7, 11) is 0. The van der Waals surface area contributed by atoms with Crippen molar-refractivity contribution in [2.45, 2.75) is 20.0 Å². The minimum atomic E-state index is -4.39. The summed E-state index contributed by atoms with van der Waals surface area (Å²) in [4.78, 5) is 15.0. The fraction of sp³-hybridized carbons (Fsp3) is 0.333. The van der Waals surface area contributed by atoms with Crippen molar-refractivity contribution >= 4 is 22.5 Å². The molecule has 0 bridgehead atoms. The highest BCUT2D eigenvalue weighted by molar-refractivity contribution is 5.92. The topological polar surface area (TPSA) is 54.0 Å². The molecule has 2 aromatic rings. The normalized spacial score (nSPS) is 11.5. The van der Waals surface area contributed by atoms with E-state index in [2.05, 4.69) is 15.6 Å². The van der Waals surface area contributed by atoms with Crippen LogP contribution in [0, 0.1) is 6.92 Å². The summed E-state index contributed by atoms with van der Waals surface area (Å²) in [6.45, 7) is 4.04. The predicted molar refractivity (Wildman–Crippen MR) is 78.7 cm³/mol. The molecule has 1 amide bonds. The Labute approximate surface area is 125 Å². The van der Waals surface area contributed by atoms with Crippen LogP contribution in [-0.2, 0) is 11.0 Å². The lowest BCUT2D eigenvalue weighted by Crippen LogP contribution is -2.26. The average Bonchev–Trinajstić information content (AvgIpc) is 2.41. The molecule has 0 aliphatic heterocycles. The third-order valence-corrected chi connectivity index (χ3v) is 3.08. The molecule has 2 rings (SSSR count). The lowest BCUT2D eigenvalue weighted by atomic mass is 10.1. The number of amides is 1. The van der Waals surface area contributed by atoms with E-state index in [0.29, 0.717) is 29.9 Å².